The molecule has 0 radical (unpaired) electrons. The highest BCUT2D eigenvalue weighted by atomic mass is 16.1. The van der Waals surface area contributed by atoms with Crippen LogP contribution in [0.25, 0.3) is 0 Å². The zero-order chi connectivity index (χ0) is 17.3. The summed E-state index contributed by atoms with van der Waals surface area (Å²) >= 11 is 0. The normalized spacial score (nSPS) is 11.2. The highest BCUT2D eigenvalue weighted by molar-refractivity contribution is 5.77. The fraction of sp³-hybridized carbons (Fsp3) is 0.381. The van der Waals surface area contributed by atoms with Crippen molar-refractivity contribution in [3.05, 3.63) is 71.8 Å². The largest absolute Gasteiger partial charge is 0.343 e. The quantitative estimate of drug-likeness (QED) is 0.686. The molecule has 0 aromatic heterocycles. The number of unbranched alkanes of at least 4 members (excludes halogenated alkanes) is 3. The van der Waals surface area contributed by atoms with Crippen molar-refractivity contribution in [3.63, 3.8) is 0 Å². The molecule has 0 unspecified atom stereocenters. The number of carbonyl (C=O) groups is 1. The van der Waals surface area contributed by atoms with Gasteiger partial charge in [-0.25, -0.2) is 0 Å². The van der Waals surface area contributed by atoms with Crippen LogP contribution in [0.4, 0.5) is 0 Å². The fourth-order valence-electron chi connectivity index (χ4n) is 2.98. The van der Waals surface area contributed by atoms with Crippen molar-refractivity contribution in [1.82, 2.24) is 5.32 Å². The van der Waals surface area contributed by atoms with Crippen LogP contribution in [0.1, 0.15) is 50.2 Å². The van der Waals surface area contributed by atoms with Crippen LogP contribution in [0.5, 0.6) is 0 Å². The topological polar surface area (TPSA) is 55.1 Å². The van der Waals surface area contributed by atoms with E-state index in [-0.39, 0.29) is 5.91 Å². The van der Waals surface area contributed by atoms with E-state index in [1.165, 1.54) is 0 Å². The van der Waals surface area contributed by atoms with Crippen molar-refractivity contribution < 1.29 is 4.79 Å². The number of benzene rings is 2. The van der Waals surface area contributed by atoms with Crippen molar-refractivity contribution in [2.45, 2.75) is 44.6 Å². The lowest BCUT2D eigenvalue weighted by molar-refractivity contribution is -0.122. The number of rotatable bonds is 9. The molecule has 1 amide bonds. The van der Waals surface area contributed by atoms with Crippen LogP contribution < -0.4 is 11.1 Å². The van der Waals surface area contributed by atoms with Crippen molar-refractivity contribution in [1.29, 1.82) is 0 Å². The molecule has 0 aliphatic heterocycles. The van der Waals surface area contributed by atoms with Gasteiger partial charge in [0.2, 0.25) is 5.91 Å². The molecule has 0 spiro atoms. The van der Waals surface area contributed by atoms with E-state index in [1.54, 1.807) is 0 Å². The lowest BCUT2D eigenvalue weighted by Crippen LogP contribution is -2.44. The monoisotopic (exact) mass is 324 g/mol. The molecule has 2 aromatic rings. The predicted octanol–water partition coefficient (Wildman–Crippen LogP) is 3.98. The molecule has 2 aromatic carbocycles. The molecule has 128 valence electrons. The molecule has 24 heavy (non-hydrogen) atoms. The number of hydrogen-bond donors (Lipinski definition) is 2. The summed E-state index contributed by atoms with van der Waals surface area (Å²) < 4.78 is 0. The number of carbonyl (C=O) groups excluding carboxylic acids is 1. The van der Waals surface area contributed by atoms with Crippen LogP contribution in [-0.2, 0) is 10.3 Å². The Morgan fingerprint density at radius 3 is 1.88 bits per heavy atom. The van der Waals surface area contributed by atoms with Gasteiger partial charge in [-0.1, -0.05) is 73.5 Å². The molecular formula is C21H28N2O. The molecule has 0 saturated heterocycles. The van der Waals surface area contributed by atoms with Gasteiger partial charge in [-0.05, 0) is 37.4 Å². The van der Waals surface area contributed by atoms with Gasteiger partial charge in [-0.2, -0.15) is 0 Å². The predicted molar refractivity (Wildman–Crippen MR) is 99.6 cm³/mol. The maximum Gasteiger partial charge on any atom is 0.220 e. The average Bonchev–Trinajstić information content (AvgIpc) is 2.63. The first-order valence-electron chi connectivity index (χ1n) is 8.79. The maximum atomic E-state index is 12.5. The SMILES string of the molecule is CC(NC(=O)CCCCCCN)(c1ccccc1)c1ccccc1. The fourth-order valence-corrected chi connectivity index (χ4v) is 2.98. The van der Waals surface area contributed by atoms with Crippen LogP contribution in [0.2, 0.25) is 0 Å². The lowest BCUT2D eigenvalue weighted by Gasteiger charge is -2.32. The van der Waals surface area contributed by atoms with E-state index >= 15 is 0 Å². The highest BCUT2D eigenvalue weighted by Gasteiger charge is 2.30. The second kappa shape index (κ2) is 9.24. The van der Waals surface area contributed by atoms with E-state index in [0.717, 1.165) is 43.4 Å². The van der Waals surface area contributed by atoms with Crippen LogP contribution >= 0.6 is 0 Å². The second-order valence-corrected chi connectivity index (χ2v) is 6.36. The molecule has 3 N–H and O–H groups in total. The first kappa shape index (κ1) is 18.2. The van der Waals surface area contributed by atoms with Gasteiger partial charge in [0, 0.05) is 6.42 Å². The van der Waals surface area contributed by atoms with Crippen LogP contribution in [-0.4, -0.2) is 12.5 Å². The van der Waals surface area contributed by atoms with Gasteiger partial charge < -0.3 is 11.1 Å². The Balaban J connectivity index is 2.09. The number of amides is 1. The molecule has 0 heterocycles. The summed E-state index contributed by atoms with van der Waals surface area (Å²) in [5, 5.41) is 3.25. The Labute approximate surface area is 145 Å². The van der Waals surface area contributed by atoms with Gasteiger partial charge in [0.1, 0.15) is 0 Å². The molecule has 0 bridgehead atoms. The molecule has 0 atom stereocenters. The van der Waals surface area contributed by atoms with E-state index in [2.05, 4.69) is 36.5 Å². The molecule has 3 nitrogen and oxygen atoms in total. The maximum absolute atomic E-state index is 12.5. The van der Waals surface area contributed by atoms with Gasteiger partial charge in [0.05, 0.1) is 5.54 Å². The summed E-state index contributed by atoms with van der Waals surface area (Å²) in [6.07, 6.45) is 4.65. The second-order valence-electron chi connectivity index (χ2n) is 6.36. The molecule has 0 saturated carbocycles. The van der Waals surface area contributed by atoms with Gasteiger partial charge in [0.15, 0.2) is 0 Å². The summed E-state index contributed by atoms with van der Waals surface area (Å²) in [5.41, 5.74) is 7.17. The Morgan fingerprint density at radius 2 is 1.38 bits per heavy atom. The van der Waals surface area contributed by atoms with Crippen molar-refractivity contribution in [2.24, 2.45) is 5.73 Å². The van der Waals surface area contributed by atoms with E-state index < -0.39 is 5.54 Å². The molecule has 0 aliphatic rings. The Morgan fingerprint density at radius 1 is 0.875 bits per heavy atom. The standard InChI is InChI=1S/C21H28N2O/c1-21(18-12-6-4-7-13-18,19-14-8-5-9-15-19)23-20(24)16-10-2-3-11-17-22/h4-9,12-15H,2-3,10-11,16-17,22H2,1H3,(H,23,24). The van der Waals surface area contributed by atoms with E-state index in [0.29, 0.717) is 6.42 Å². The van der Waals surface area contributed by atoms with Gasteiger partial charge in [-0.15, -0.1) is 0 Å². The summed E-state index contributed by atoms with van der Waals surface area (Å²) in [4.78, 5) is 12.5. The van der Waals surface area contributed by atoms with E-state index in [9.17, 15) is 4.79 Å². The molecule has 2 rings (SSSR count). The first-order chi connectivity index (χ1) is 11.7. The van der Waals surface area contributed by atoms with Gasteiger partial charge in [0.25, 0.3) is 0 Å². The summed E-state index contributed by atoms with van der Waals surface area (Å²) in [7, 11) is 0. The summed E-state index contributed by atoms with van der Waals surface area (Å²) in [6, 6.07) is 20.3. The average molecular weight is 324 g/mol. The Kier molecular flexibility index (Phi) is 7.01. The molecule has 0 aliphatic carbocycles. The number of hydrogen-bond acceptors (Lipinski definition) is 2. The zero-order valence-corrected chi connectivity index (χ0v) is 14.5. The van der Waals surface area contributed by atoms with Gasteiger partial charge >= 0.3 is 0 Å². The number of nitrogens with one attached hydrogen (secondary N) is 1. The van der Waals surface area contributed by atoms with E-state index in [4.69, 9.17) is 5.73 Å². The van der Waals surface area contributed by atoms with Crippen molar-refractivity contribution in [3.8, 4) is 0 Å². The molecular weight excluding hydrogens is 296 g/mol. The molecule has 3 heteroatoms. The van der Waals surface area contributed by atoms with E-state index in [1.807, 2.05) is 36.4 Å². The zero-order valence-electron chi connectivity index (χ0n) is 14.5. The van der Waals surface area contributed by atoms with Crippen LogP contribution in [0.15, 0.2) is 60.7 Å². The third-order valence-corrected chi connectivity index (χ3v) is 4.45. The third-order valence-electron chi connectivity index (χ3n) is 4.45. The van der Waals surface area contributed by atoms with Crippen LogP contribution in [0, 0.1) is 0 Å². The smallest absolute Gasteiger partial charge is 0.220 e. The highest BCUT2D eigenvalue weighted by Crippen LogP contribution is 2.29. The first-order valence-corrected chi connectivity index (χ1v) is 8.79. The minimum Gasteiger partial charge on any atom is -0.343 e. The Hall–Kier alpha value is -2.13. The minimum absolute atomic E-state index is 0.0953. The summed E-state index contributed by atoms with van der Waals surface area (Å²) in [5.74, 6) is 0.0953. The van der Waals surface area contributed by atoms with Gasteiger partial charge in [-0.3, -0.25) is 4.79 Å². The number of nitrogens with two attached hydrogens (primary N) is 1. The van der Waals surface area contributed by atoms with Crippen LogP contribution in [0.3, 0.4) is 0 Å². The molecule has 0 fully saturated rings. The third kappa shape index (κ3) is 4.93. The Bertz CT molecular complexity index is 571. The van der Waals surface area contributed by atoms with Crippen molar-refractivity contribution in [2.75, 3.05) is 6.54 Å². The summed E-state index contributed by atoms with van der Waals surface area (Å²) in [6.45, 7) is 2.80. The van der Waals surface area contributed by atoms with Crippen molar-refractivity contribution >= 4 is 5.91 Å². The minimum atomic E-state index is -0.517. The lowest BCUT2D eigenvalue weighted by atomic mass is 9.84.